The number of aromatic nitrogens is 2. The molecule has 0 saturated carbocycles. The summed E-state index contributed by atoms with van der Waals surface area (Å²) in [4.78, 5) is 10.6. The number of carboxylic acids is 1. The third-order valence-corrected chi connectivity index (χ3v) is 2.78. The molecule has 2 rings (SSSR count). The Morgan fingerprint density at radius 1 is 1.37 bits per heavy atom. The molecule has 19 heavy (non-hydrogen) atoms. The SMILES string of the molecule is CCOc1ccc(-c2[nH]ncc2CCC(=O)O)cc1. The fourth-order valence-electron chi connectivity index (χ4n) is 1.88. The van der Waals surface area contributed by atoms with Crippen molar-refractivity contribution in [2.75, 3.05) is 6.61 Å². The number of ether oxygens (including phenoxy) is 1. The van der Waals surface area contributed by atoms with Gasteiger partial charge in [-0.05, 0) is 43.2 Å². The molecule has 5 heteroatoms. The van der Waals surface area contributed by atoms with E-state index in [1.807, 2.05) is 31.2 Å². The van der Waals surface area contributed by atoms with Gasteiger partial charge in [-0.3, -0.25) is 9.89 Å². The van der Waals surface area contributed by atoms with Gasteiger partial charge >= 0.3 is 5.97 Å². The topological polar surface area (TPSA) is 75.2 Å². The molecule has 0 aliphatic rings. The Hall–Kier alpha value is -2.30. The first-order chi connectivity index (χ1) is 9.20. The quantitative estimate of drug-likeness (QED) is 0.836. The van der Waals surface area contributed by atoms with Gasteiger partial charge in [-0.1, -0.05) is 0 Å². The molecule has 1 aromatic heterocycles. The molecule has 1 heterocycles. The Morgan fingerprint density at radius 3 is 2.74 bits per heavy atom. The minimum absolute atomic E-state index is 0.101. The number of rotatable bonds is 6. The van der Waals surface area contributed by atoms with Gasteiger partial charge in [0.15, 0.2) is 0 Å². The van der Waals surface area contributed by atoms with Gasteiger partial charge in [0.25, 0.3) is 0 Å². The summed E-state index contributed by atoms with van der Waals surface area (Å²) in [6.45, 7) is 2.57. The van der Waals surface area contributed by atoms with Crippen molar-refractivity contribution in [1.29, 1.82) is 0 Å². The van der Waals surface area contributed by atoms with Crippen molar-refractivity contribution in [2.24, 2.45) is 0 Å². The highest BCUT2D eigenvalue weighted by molar-refractivity contribution is 5.69. The fraction of sp³-hybridized carbons (Fsp3) is 0.286. The zero-order valence-electron chi connectivity index (χ0n) is 10.7. The largest absolute Gasteiger partial charge is 0.494 e. The lowest BCUT2D eigenvalue weighted by Gasteiger charge is -2.05. The van der Waals surface area contributed by atoms with Crippen LogP contribution in [0.15, 0.2) is 30.5 Å². The van der Waals surface area contributed by atoms with Crippen LogP contribution in [0.3, 0.4) is 0 Å². The number of H-pyrrole nitrogens is 1. The summed E-state index contributed by atoms with van der Waals surface area (Å²) in [5, 5.41) is 15.6. The number of aliphatic carboxylic acids is 1. The molecule has 0 atom stereocenters. The van der Waals surface area contributed by atoms with Crippen molar-refractivity contribution in [3.63, 3.8) is 0 Å². The minimum Gasteiger partial charge on any atom is -0.494 e. The second-order valence-electron chi connectivity index (χ2n) is 4.12. The van der Waals surface area contributed by atoms with E-state index in [0.717, 1.165) is 22.6 Å². The van der Waals surface area contributed by atoms with Crippen LogP contribution in [0.2, 0.25) is 0 Å². The number of carbonyl (C=O) groups is 1. The van der Waals surface area contributed by atoms with E-state index < -0.39 is 5.97 Å². The van der Waals surface area contributed by atoms with Gasteiger partial charge < -0.3 is 9.84 Å². The lowest BCUT2D eigenvalue weighted by molar-refractivity contribution is -0.136. The van der Waals surface area contributed by atoms with Gasteiger partial charge in [-0.25, -0.2) is 0 Å². The van der Waals surface area contributed by atoms with E-state index in [9.17, 15) is 4.79 Å². The van der Waals surface area contributed by atoms with E-state index in [1.165, 1.54) is 0 Å². The molecule has 0 unspecified atom stereocenters. The third kappa shape index (κ3) is 3.34. The highest BCUT2D eigenvalue weighted by atomic mass is 16.5. The zero-order valence-corrected chi connectivity index (χ0v) is 10.7. The van der Waals surface area contributed by atoms with Crippen LogP contribution in [0.5, 0.6) is 5.75 Å². The van der Waals surface area contributed by atoms with Crippen LogP contribution in [0.1, 0.15) is 18.9 Å². The van der Waals surface area contributed by atoms with E-state index in [-0.39, 0.29) is 6.42 Å². The molecule has 0 radical (unpaired) electrons. The number of nitrogens with one attached hydrogen (secondary N) is 1. The molecular weight excluding hydrogens is 244 g/mol. The minimum atomic E-state index is -0.807. The summed E-state index contributed by atoms with van der Waals surface area (Å²) in [5.41, 5.74) is 2.75. The highest BCUT2D eigenvalue weighted by Crippen LogP contribution is 2.24. The Kier molecular flexibility index (Phi) is 4.18. The summed E-state index contributed by atoms with van der Waals surface area (Å²) in [6, 6.07) is 7.65. The van der Waals surface area contributed by atoms with Gasteiger partial charge in [-0.15, -0.1) is 0 Å². The first-order valence-corrected chi connectivity index (χ1v) is 6.18. The summed E-state index contributed by atoms with van der Waals surface area (Å²) in [7, 11) is 0. The standard InChI is InChI=1S/C14H16N2O3/c1-2-19-12-6-3-10(4-7-12)14-11(9-15-16-14)5-8-13(17)18/h3-4,6-7,9H,2,5,8H2,1H3,(H,15,16)(H,17,18). The normalized spacial score (nSPS) is 10.4. The molecule has 0 aliphatic carbocycles. The maximum absolute atomic E-state index is 10.6. The van der Waals surface area contributed by atoms with Crippen molar-refractivity contribution in [3.8, 4) is 17.0 Å². The lowest BCUT2D eigenvalue weighted by atomic mass is 10.0. The number of hydrogen-bond donors (Lipinski definition) is 2. The van der Waals surface area contributed by atoms with Crippen LogP contribution < -0.4 is 4.74 Å². The summed E-state index contributed by atoms with van der Waals surface area (Å²) < 4.78 is 5.38. The van der Waals surface area contributed by atoms with Crippen molar-refractivity contribution < 1.29 is 14.6 Å². The maximum Gasteiger partial charge on any atom is 0.303 e. The molecular formula is C14H16N2O3. The van der Waals surface area contributed by atoms with Crippen LogP contribution in [0.25, 0.3) is 11.3 Å². The molecule has 0 amide bonds. The van der Waals surface area contributed by atoms with Gasteiger partial charge in [0, 0.05) is 12.0 Å². The third-order valence-electron chi connectivity index (χ3n) is 2.78. The average molecular weight is 260 g/mol. The van der Waals surface area contributed by atoms with Gasteiger partial charge in [0.2, 0.25) is 0 Å². The van der Waals surface area contributed by atoms with Crippen molar-refractivity contribution in [2.45, 2.75) is 19.8 Å². The molecule has 0 fully saturated rings. The maximum atomic E-state index is 10.6. The predicted octanol–water partition coefficient (Wildman–Crippen LogP) is 2.49. The van der Waals surface area contributed by atoms with Crippen LogP contribution >= 0.6 is 0 Å². The van der Waals surface area contributed by atoms with Crippen LogP contribution in [-0.2, 0) is 11.2 Å². The smallest absolute Gasteiger partial charge is 0.303 e. The number of nitrogens with zero attached hydrogens (tertiary/aromatic N) is 1. The molecule has 100 valence electrons. The summed E-state index contributed by atoms with van der Waals surface area (Å²) in [5.74, 6) is 0.0108. The van der Waals surface area contributed by atoms with Gasteiger partial charge in [0.1, 0.15) is 5.75 Å². The molecule has 0 bridgehead atoms. The second kappa shape index (κ2) is 6.04. The Labute approximate surface area is 111 Å². The van der Waals surface area contributed by atoms with E-state index in [0.29, 0.717) is 13.0 Å². The molecule has 2 aromatic rings. The van der Waals surface area contributed by atoms with Crippen molar-refractivity contribution >= 4 is 5.97 Å². The molecule has 0 spiro atoms. The van der Waals surface area contributed by atoms with Crippen LogP contribution in [0, 0.1) is 0 Å². The second-order valence-corrected chi connectivity index (χ2v) is 4.12. The highest BCUT2D eigenvalue weighted by Gasteiger charge is 2.09. The fourth-order valence-corrected chi connectivity index (χ4v) is 1.88. The summed E-state index contributed by atoms with van der Waals surface area (Å²) >= 11 is 0. The van der Waals surface area contributed by atoms with Gasteiger partial charge in [0.05, 0.1) is 18.5 Å². The zero-order chi connectivity index (χ0) is 13.7. The first-order valence-electron chi connectivity index (χ1n) is 6.18. The van der Waals surface area contributed by atoms with E-state index in [4.69, 9.17) is 9.84 Å². The first kappa shape index (κ1) is 13.1. The molecule has 1 aromatic carbocycles. The number of aryl methyl sites for hydroxylation is 1. The number of aromatic amines is 1. The molecule has 0 saturated heterocycles. The molecule has 5 nitrogen and oxygen atoms in total. The number of carboxylic acid groups (broad SMARTS) is 1. The van der Waals surface area contributed by atoms with Crippen molar-refractivity contribution in [1.82, 2.24) is 10.2 Å². The lowest BCUT2D eigenvalue weighted by Crippen LogP contribution is -1.98. The number of hydrogen-bond acceptors (Lipinski definition) is 3. The molecule has 0 aliphatic heterocycles. The summed E-state index contributed by atoms with van der Waals surface area (Å²) in [6.07, 6.45) is 2.24. The monoisotopic (exact) mass is 260 g/mol. The van der Waals surface area contributed by atoms with E-state index in [2.05, 4.69) is 10.2 Å². The number of benzene rings is 1. The Morgan fingerprint density at radius 2 is 2.11 bits per heavy atom. The van der Waals surface area contributed by atoms with E-state index in [1.54, 1.807) is 6.20 Å². The Bertz CT molecular complexity index is 546. The average Bonchev–Trinajstić information content (AvgIpc) is 2.86. The predicted molar refractivity (Wildman–Crippen MR) is 71.1 cm³/mol. The van der Waals surface area contributed by atoms with Crippen molar-refractivity contribution in [3.05, 3.63) is 36.0 Å². The van der Waals surface area contributed by atoms with E-state index >= 15 is 0 Å². The van der Waals surface area contributed by atoms with Crippen LogP contribution in [-0.4, -0.2) is 27.9 Å². The molecule has 2 N–H and O–H groups in total. The Balaban J connectivity index is 2.17. The van der Waals surface area contributed by atoms with Crippen LogP contribution in [0.4, 0.5) is 0 Å². The van der Waals surface area contributed by atoms with Gasteiger partial charge in [-0.2, -0.15) is 5.10 Å².